The average molecular weight is 510 g/mol. The van der Waals surface area contributed by atoms with Crippen LogP contribution in [-0.2, 0) is 6.54 Å². The lowest BCUT2D eigenvalue weighted by Gasteiger charge is -2.36. The van der Waals surface area contributed by atoms with Gasteiger partial charge < -0.3 is 10.2 Å². The molecule has 4 rings (SSSR count). The summed E-state index contributed by atoms with van der Waals surface area (Å²) in [5.74, 6) is -0.638. The second kappa shape index (κ2) is 11.3. The van der Waals surface area contributed by atoms with Crippen molar-refractivity contribution in [3.05, 3.63) is 99.1 Å². The summed E-state index contributed by atoms with van der Waals surface area (Å²) in [6.07, 6.45) is 0. The molecule has 0 aromatic heterocycles. The Morgan fingerprint density at radius 1 is 0.971 bits per heavy atom. The van der Waals surface area contributed by atoms with Gasteiger partial charge in [0.1, 0.15) is 5.56 Å². The first kappa shape index (κ1) is 24.6. The second-order valence-electron chi connectivity index (χ2n) is 8.08. The van der Waals surface area contributed by atoms with E-state index < -0.39 is 10.8 Å². The highest BCUT2D eigenvalue weighted by molar-refractivity contribution is 7.80. The molecule has 3 aromatic carbocycles. The zero-order valence-corrected chi connectivity index (χ0v) is 20.4. The van der Waals surface area contributed by atoms with Crippen molar-refractivity contribution < 1.29 is 9.72 Å². The number of hydrogen-bond donors (Lipinski definition) is 2. The number of para-hydroxylation sites is 1. The van der Waals surface area contributed by atoms with Crippen molar-refractivity contribution in [3.8, 4) is 0 Å². The average Bonchev–Trinajstić information content (AvgIpc) is 2.86. The van der Waals surface area contributed by atoms with Crippen LogP contribution >= 0.6 is 23.8 Å². The summed E-state index contributed by atoms with van der Waals surface area (Å²) in [6, 6.07) is 21.4. The van der Waals surface area contributed by atoms with Crippen molar-refractivity contribution in [1.82, 2.24) is 10.2 Å². The van der Waals surface area contributed by atoms with E-state index in [1.54, 1.807) is 6.07 Å². The molecule has 0 bridgehead atoms. The van der Waals surface area contributed by atoms with Crippen LogP contribution in [0, 0.1) is 10.1 Å². The van der Waals surface area contributed by atoms with Gasteiger partial charge in [-0.2, -0.15) is 0 Å². The zero-order valence-electron chi connectivity index (χ0n) is 18.8. The minimum absolute atomic E-state index is 0.0503. The normalized spacial score (nSPS) is 13.8. The van der Waals surface area contributed by atoms with Crippen molar-refractivity contribution >= 4 is 51.9 Å². The molecule has 35 heavy (non-hydrogen) atoms. The predicted octanol–water partition coefficient (Wildman–Crippen LogP) is 4.70. The van der Waals surface area contributed by atoms with Crippen molar-refractivity contribution in [1.29, 1.82) is 0 Å². The Morgan fingerprint density at radius 3 is 2.31 bits per heavy atom. The van der Waals surface area contributed by atoms with Crippen LogP contribution < -0.4 is 15.5 Å². The van der Waals surface area contributed by atoms with Crippen LogP contribution in [0.2, 0.25) is 5.02 Å². The third-order valence-electron chi connectivity index (χ3n) is 5.79. The van der Waals surface area contributed by atoms with Gasteiger partial charge >= 0.3 is 0 Å². The summed E-state index contributed by atoms with van der Waals surface area (Å²) in [7, 11) is 0. The van der Waals surface area contributed by atoms with Gasteiger partial charge in [0.2, 0.25) is 0 Å². The molecule has 2 N–H and O–H groups in total. The van der Waals surface area contributed by atoms with Gasteiger partial charge in [0.25, 0.3) is 11.6 Å². The summed E-state index contributed by atoms with van der Waals surface area (Å²) < 4.78 is 0. The van der Waals surface area contributed by atoms with Gasteiger partial charge in [0, 0.05) is 55.2 Å². The lowest BCUT2D eigenvalue weighted by molar-refractivity contribution is -0.385. The van der Waals surface area contributed by atoms with Crippen LogP contribution in [0.4, 0.5) is 17.1 Å². The molecule has 0 unspecified atom stereocenters. The minimum Gasteiger partial charge on any atom is -0.369 e. The van der Waals surface area contributed by atoms with E-state index in [0.717, 1.165) is 49.0 Å². The Morgan fingerprint density at radius 2 is 1.63 bits per heavy atom. The predicted molar refractivity (Wildman–Crippen MR) is 142 cm³/mol. The second-order valence-corrected chi connectivity index (χ2v) is 8.90. The number of anilines is 2. The highest BCUT2D eigenvalue weighted by atomic mass is 35.5. The first-order chi connectivity index (χ1) is 16.9. The summed E-state index contributed by atoms with van der Waals surface area (Å²) >= 11 is 11.5. The fraction of sp³-hybridized carbons (Fsp3) is 0.200. The molecule has 0 radical (unpaired) electrons. The molecule has 180 valence electrons. The summed E-state index contributed by atoms with van der Waals surface area (Å²) in [4.78, 5) is 27.7. The Labute approximate surface area is 213 Å². The fourth-order valence-corrected chi connectivity index (χ4v) is 4.35. The number of carbonyl (C=O) groups is 1. The molecule has 1 fully saturated rings. The van der Waals surface area contributed by atoms with Crippen LogP contribution in [-0.4, -0.2) is 47.0 Å². The lowest BCUT2D eigenvalue weighted by Crippen LogP contribution is -2.46. The van der Waals surface area contributed by atoms with Crippen LogP contribution in [0.3, 0.4) is 0 Å². The molecular weight excluding hydrogens is 486 g/mol. The number of nitrogens with one attached hydrogen (secondary N) is 2. The largest absolute Gasteiger partial charge is 0.369 e. The molecule has 1 heterocycles. The number of carbonyl (C=O) groups excluding carboxylic acids is 1. The number of thiocarbonyl (C=S) groups is 1. The molecule has 0 atom stereocenters. The highest BCUT2D eigenvalue weighted by Crippen LogP contribution is 2.22. The topological polar surface area (TPSA) is 90.8 Å². The Kier molecular flexibility index (Phi) is 7.91. The molecule has 1 saturated heterocycles. The van der Waals surface area contributed by atoms with E-state index in [4.69, 9.17) is 23.8 Å². The maximum atomic E-state index is 12.4. The Bertz CT molecular complexity index is 1230. The lowest BCUT2D eigenvalue weighted by atomic mass is 10.1. The fourth-order valence-electron chi connectivity index (χ4n) is 3.94. The summed E-state index contributed by atoms with van der Waals surface area (Å²) in [5, 5.41) is 17.5. The number of hydrogen-bond acceptors (Lipinski definition) is 6. The van der Waals surface area contributed by atoms with E-state index in [0.29, 0.717) is 5.69 Å². The standard InChI is InChI=1S/C25H24ClN5O3S/c26-22-7-3-1-5-18(22)17-29-13-15-30(16-14-29)20-11-9-19(10-12-20)27-25(35)28-24(32)21-6-2-4-8-23(21)31(33)34/h1-12H,13-17H2,(H2,27,28,32,35). The zero-order chi connectivity index (χ0) is 24.8. The Hall–Kier alpha value is -3.53. The molecule has 1 aliphatic rings. The van der Waals surface area contributed by atoms with Gasteiger partial charge in [-0.05, 0) is 54.2 Å². The summed E-state index contributed by atoms with van der Waals surface area (Å²) in [6.45, 7) is 4.52. The first-order valence-electron chi connectivity index (χ1n) is 11.1. The first-order valence-corrected chi connectivity index (χ1v) is 11.9. The Balaban J connectivity index is 1.28. The van der Waals surface area contributed by atoms with E-state index >= 15 is 0 Å². The van der Waals surface area contributed by atoms with Crippen LogP contribution in [0.25, 0.3) is 0 Å². The quantitative estimate of drug-likeness (QED) is 0.283. The minimum atomic E-state index is -0.638. The van der Waals surface area contributed by atoms with Gasteiger partial charge in [-0.3, -0.25) is 25.1 Å². The van der Waals surface area contributed by atoms with Crippen molar-refractivity contribution in [3.63, 3.8) is 0 Å². The number of nitrogens with zero attached hydrogens (tertiary/aromatic N) is 3. The van der Waals surface area contributed by atoms with Gasteiger partial charge in [-0.25, -0.2) is 0 Å². The van der Waals surface area contributed by atoms with E-state index in [-0.39, 0.29) is 16.4 Å². The molecule has 1 aliphatic heterocycles. The van der Waals surface area contributed by atoms with Gasteiger partial charge in [0.05, 0.1) is 4.92 Å². The van der Waals surface area contributed by atoms with Gasteiger partial charge in [0.15, 0.2) is 5.11 Å². The van der Waals surface area contributed by atoms with Crippen molar-refractivity contribution in [2.45, 2.75) is 6.54 Å². The maximum Gasteiger partial charge on any atom is 0.282 e. The van der Waals surface area contributed by atoms with Gasteiger partial charge in [-0.1, -0.05) is 41.9 Å². The number of benzene rings is 3. The molecule has 8 nitrogen and oxygen atoms in total. The molecule has 0 saturated carbocycles. The van der Waals surface area contributed by atoms with Crippen molar-refractivity contribution in [2.24, 2.45) is 0 Å². The van der Waals surface area contributed by atoms with Crippen LogP contribution in [0.15, 0.2) is 72.8 Å². The number of nitro groups is 1. The number of halogens is 1. The number of amides is 1. The molecule has 3 aromatic rings. The smallest absolute Gasteiger partial charge is 0.282 e. The van der Waals surface area contributed by atoms with E-state index in [1.807, 2.05) is 42.5 Å². The van der Waals surface area contributed by atoms with E-state index in [9.17, 15) is 14.9 Å². The van der Waals surface area contributed by atoms with Crippen LogP contribution in [0.5, 0.6) is 0 Å². The number of piperazine rings is 1. The van der Waals surface area contributed by atoms with Crippen LogP contribution in [0.1, 0.15) is 15.9 Å². The third kappa shape index (κ3) is 6.33. The SMILES string of the molecule is O=C(NC(=S)Nc1ccc(N2CCN(Cc3ccccc3Cl)CC2)cc1)c1ccccc1[N+](=O)[O-]. The highest BCUT2D eigenvalue weighted by Gasteiger charge is 2.20. The third-order valence-corrected chi connectivity index (χ3v) is 6.36. The van der Waals surface area contributed by atoms with Crippen molar-refractivity contribution in [2.75, 3.05) is 36.4 Å². The molecule has 1 amide bonds. The van der Waals surface area contributed by atoms with E-state index in [2.05, 4.69) is 26.5 Å². The monoisotopic (exact) mass is 509 g/mol. The molecule has 0 spiro atoms. The molecule has 0 aliphatic carbocycles. The molecular formula is C25H24ClN5O3S. The van der Waals surface area contributed by atoms with Gasteiger partial charge in [-0.15, -0.1) is 0 Å². The molecule has 10 heteroatoms. The van der Waals surface area contributed by atoms with E-state index in [1.165, 1.54) is 18.2 Å². The number of nitro benzene ring substituents is 1. The number of rotatable bonds is 6. The summed E-state index contributed by atoms with van der Waals surface area (Å²) in [5.41, 5.74) is 2.62. The maximum absolute atomic E-state index is 12.4.